The van der Waals surface area contributed by atoms with Gasteiger partial charge in [0.15, 0.2) is 0 Å². The molecule has 0 radical (unpaired) electrons. The molecule has 0 saturated heterocycles. The Hall–Kier alpha value is -0.870. The van der Waals surface area contributed by atoms with Gasteiger partial charge in [-0.25, -0.2) is 4.98 Å². The van der Waals surface area contributed by atoms with Gasteiger partial charge in [-0.15, -0.1) is 0 Å². The molecular weight excluding hydrogens is 278 g/mol. The highest BCUT2D eigenvalue weighted by molar-refractivity contribution is 9.10. The quantitative estimate of drug-likeness (QED) is 0.876. The number of pyridine rings is 1. The lowest BCUT2D eigenvalue weighted by molar-refractivity contribution is 0.319. The van der Waals surface area contributed by atoms with Crippen molar-refractivity contribution in [1.82, 2.24) is 9.38 Å². The van der Waals surface area contributed by atoms with E-state index in [2.05, 4.69) is 46.1 Å². The zero-order valence-corrected chi connectivity index (χ0v) is 12.2. The molecule has 2 N–H and O–H groups in total. The molecule has 0 saturated carbocycles. The van der Waals surface area contributed by atoms with E-state index in [1.54, 1.807) is 0 Å². The first-order valence-corrected chi connectivity index (χ1v) is 6.49. The van der Waals surface area contributed by atoms with Crippen LogP contribution in [0.3, 0.4) is 0 Å². The van der Waals surface area contributed by atoms with E-state index in [1.165, 1.54) is 0 Å². The summed E-state index contributed by atoms with van der Waals surface area (Å²) < 4.78 is 3.11. The molecular formula is C13H18BrN3. The van der Waals surface area contributed by atoms with E-state index < -0.39 is 0 Å². The van der Waals surface area contributed by atoms with Gasteiger partial charge in [0.25, 0.3) is 0 Å². The van der Waals surface area contributed by atoms with E-state index in [-0.39, 0.29) is 11.5 Å². The summed E-state index contributed by atoms with van der Waals surface area (Å²) in [5.41, 5.74) is 9.42. The fraction of sp³-hybridized carbons (Fsp3) is 0.462. The number of nitrogens with zero attached hydrogens (tertiary/aromatic N) is 2. The molecule has 3 nitrogen and oxygen atoms in total. The number of fused-ring (bicyclic) bond motifs is 1. The maximum absolute atomic E-state index is 6.36. The highest BCUT2D eigenvalue weighted by Crippen LogP contribution is 2.32. The second kappa shape index (κ2) is 4.10. The lowest BCUT2D eigenvalue weighted by Gasteiger charge is -2.27. The predicted octanol–water partition coefficient (Wildman–Crippen LogP) is 3.45. The molecule has 0 spiro atoms. The van der Waals surface area contributed by atoms with Crippen LogP contribution in [0.4, 0.5) is 0 Å². The Morgan fingerprint density at radius 1 is 1.35 bits per heavy atom. The molecule has 0 fully saturated rings. The molecule has 2 aromatic rings. The Labute approximate surface area is 110 Å². The minimum absolute atomic E-state index is 0.0169. The van der Waals surface area contributed by atoms with Crippen molar-refractivity contribution in [3.63, 3.8) is 0 Å². The molecule has 92 valence electrons. The van der Waals surface area contributed by atoms with Crippen LogP contribution in [-0.2, 0) is 0 Å². The number of aromatic nitrogens is 2. The Morgan fingerprint density at radius 3 is 2.59 bits per heavy atom. The zero-order chi connectivity index (χ0) is 12.8. The summed E-state index contributed by atoms with van der Waals surface area (Å²) in [4.78, 5) is 4.55. The third-order valence-corrected chi connectivity index (χ3v) is 3.50. The Morgan fingerprint density at radius 2 is 2.00 bits per heavy atom. The normalized spacial score (nSPS) is 14.2. The van der Waals surface area contributed by atoms with Crippen molar-refractivity contribution in [1.29, 1.82) is 0 Å². The van der Waals surface area contributed by atoms with E-state index in [0.29, 0.717) is 0 Å². The third-order valence-electron chi connectivity index (χ3n) is 3.03. The Balaban J connectivity index is 2.68. The standard InChI is InChI=1S/C13H18BrN3/c1-8-11(12(15)13(2,3)4)17-7-9(14)5-6-10(17)16-8/h5-7,12H,15H2,1-4H3. The molecule has 2 aromatic heterocycles. The fourth-order valence-corrected chi connectivity index (χ4v) is 2.28. The van der Waals surface area contributed by atoms with Crippen molar-refractivity contribution in [2.45, 2.75) is 33.7 Å². The smallest absolute Gasteiger partial charge is 0.137 e. The number of hydrogen-bond acceptors (Lipinski definition) is 2. The SMILES string of the molecule is Cc1nc2ccc(Br)cn2c1C(N)C(C)(C)C. The number of nitrogens with two attached hydrogens (primary N) is 1. The van der Waals surface area contributed by atoms with Crippen LogP contribution >= 0.6 is 15.9 Å². The van der Waals surface area contributed by atoms with Gasteiger partial charge < -0.3 is 10.1 Å². The second-order valence-electron chi connectivity index (χ2n) is 5.50. The Bertz CT molecular complexity index is 552. The molecule has 17 heavy (non-hydrogen) atoms. The lowest BCUT2D eigenvalue weighted by atomic mass is 9.85. The van der Waals surface area contributed by atoms with Crippen molar-refractivity contribution in [2.75, 3.05) is 0 Å². The number of rotatable bonds is 1. The summed E-state index contributed by atoms with van der Waals surface area (Å²) in [6.45, 7) is 8.46. The molecule has 2 rings (SSSR count). The fourth-order valence-electron chi connectivity index (χ4n) is 1.94. The topological polar surface area (TPSA) is 43.3 Å². The van der Waals surface area contributed by atoms with E-state index >= 15 is 0 Å². The number of imidazole rings is 1. The van der Waals surface area contributed by atoms with Crippen LogP contribution in [0.2, 0.25) is 0 Å². The number of hydrogen-bond donors (Lipinski definition) is 1. The third kappa shape index (κ3) is 2.24. The van der Waals surface area contributed by atoms with Gasteiger partial charge in [-0.3, -0.25) is 0 Å². The van der Waals surface area contributed by atoms with Gasteiger partial charge in [-0.2, -0.15) is 0 Å². The molecule has 1 atom stereocenters. The molecule has 0 bridgehead atoms. The monoisotopic (exact) mass is 295 g/mol. The van der Waals surface area contributed by atoms with Gasteiger partial charge in [0.05, 0.1) is 17.4 Å². The molecule has 0 aliphatic carbocycles. The van der Waals surface area contributed by atoms with Crippen molar-refractivity contribution in [3.05, 3.63) is 34.2 Å². The highest BCUT2D eigenvalue weighted by Gasteiger charge is 2.27. The molecule has 0 aromatic carbocycles. The van der Waals surface area contributed by atoms with Crippen molar-refractivity contribution in [2.24, 2.45) is 11.1 Å². The van der Waals surface area contributed by atoms with Crippen LogP contribution in [-0.4, -0.2) is 9.38 Å². The molecule has 0 aliphatic rings. The van der Waals surface area contributed by atoms with E-state index in [9.17, 15) is 0 Å². The van der Waals surface area contributed by atoms with Gasteiger partial charge in [-0.1, -0.05) is 20.8 Å². The van der Waals surface area contributed by atoms with Gasteiger partial charge in [0, 0.05) is 10.7 Å². The first-order chi connectivity index (χ1) is 7.80. The second-order valence-corrected chi connectivity index (χ2v) is 6.42. The van der Waals surface area contributed by atoms with Gasteiger partial charge in [0.2, 0.25) is 0 Å². The number of aryl methyl sites for hydroxylation is 1. The van der Waals surface area contributed by atoms with Crippen LogP contribution in [0, 0.1) is 12.3 Å². The van der Waals surface area contributed by atoms with Crippen molar-refractivity contribution >= 4 is 21.6 Å². The van der Waals surface area contributed by atoms with E-state index in [1.807, 2.05) is 25.3 Å². The van der Waals surface area contributed by atoms with E-state index in [0.717, 1.165) is 21.5 Å². The van der Waals surface area contributed by atoms with Crippen molar-refractivity contribution in [3.8, 4) is 0 Å². The van der Waals surface area contributed by atoms with Crippen LogP contribution in [0.5, 0.6) is 0 Å². The molecule has 2 heterocycles. The van der Waals surface area contributed by atoms with Gasteiger partial charge in [-0.05, 0) is 40.4 Å². The molecule has 0 aliphatic heterocycles. The minimum atomic E-state index is -0.0354. The molecule has 4 heteroatoms. The van der Waals surface area contributed by atoms with Crippen LogP contribution in [0.25, 0.3) is 5.65 Å². The molecule has 0 amide bonds. The average Bonchev–Trinajstić information content (AvgIpc) is 2.51. The summed E-state index contributed by atoms with van der Waals surface area (Å²) >= 11 is 3.49. The lowest BCUT2D eigenvalue weighted by Crippen LogP contribution is -2.28. The van der Waals surface area contributed by atoms with Crippen molar-refractivity contribution < 1.29 is 0 Å². The highest BCUT2D eigenvalue weighted by atomic mass is 79.9. The first kappa shape index (κ1) is 12.6. The van der Waals surface area contributed by atoms with Crippen LogP contribution in [0.1, 0.15) is 38.2 Å². The zero-order valence-electron chi connectivity index (χ0n) is 10.7. The summed E-state index contributed by atoms with van der Waals surface area (Å²) in [6.07, 6.45) is 2.02. The maximum atomic E-state index is 6.36. The summed E-state index contributed by atoms with van der Waals surface area (Å²) in [6, 6.07) is 3.95. The Kier molecular flexibility index (Phi) is 3.04. The van der Waals surface area contributed by atoms with Gasteiger partial charge >= 0.3 is 0 Å². The van der Waals surface area contributed by atoms with Crippen LogP contribution in [0.15, 0.2) is 22.8 Å². The van der Waals surface area contributed by atoms with Crippen LogP contribution < -0.4 is 5.73 Å². The summed E-state index contributed by atoms with van der Waals surface area (Å²) in [5.74, 6) is 0. The minimum Gasteiger partial charge on any atom is -0.322 e. The predicted molar refractivity (Wildman–Crippen MR) is 74.0 cm³/mol. The average molecular weight is 296 g/mol. The number of halogens is 1. The van der Waals surface area contributed by atoms with Gasteiger partial charge in [0.1, 0.15) is 5.65 Å². The summed E-state index contributed by atoms with van der Waals surface area (Å²) in [7, 11) is 0. The van der Waals surface area contributed by atoms with E-state index in [4.69, 9.17) is 5.73 Å². The largest absolute Gasteiger partial charge is 0.322 e. The first-order valence-electron chi connectivity index (χ1n) is 5.70. The molecule has 1 unspecified atom stereocenters. The summed E-state index contributed by atoms with van der Waals surface area (Å²) in [5, 5.41) is 0. The maximum Gasteiger partial charge on any atom is 0.137 e.